The standard InChI is InChI=1S/C16H14FN3O3S/c17-12-6-2-3-7-13(12)19-16(24)20-18-9-11-5-1-4-8-14(11)23-10-15(21)22/h1-9H,10H2,(H,21,22)(H2,19,20,24)/b18-9-. The Labute approximate surface area is 143 Å². The predicted octanol–water partition coefficient (Wildman–Crippen LogP) is 2.61. The highest BCUT2D eigenvalue weighted by atomic mass is 32.1. The molecule has 0 fully saturated rings. The van der Waals surface area contributed by atoms with Gasteiger partial charge in [0.05, 0.1) is 11.9 Å². The quantitative estimate of drug-likeness (QED) is 0.423. The summed E-state index contributed by atoms with van der Waals surface area (Å²) in [4.78, 5) is 10.6. The second-order valence-electron chi connectivity index (χ2n) is 4.52. The van der Waals surface area contributed by atoms with Crippen molar-refractivity contribution in [3.63, 3.8) is 0 Å². The second-order valence-corrected chi connectivity index (χ2v) is 4.93. The summed E-state index contributed by atoms with van der Waals surface area (Å²) in [5, 5.41) is 15.4. The number of nitrogens with one attached hydrogen (secondary N) is 2. The zero-order valence-electron chi connectivity index (χ0n) is 12.4. The number of hydrogen-bond donors (Lipinski definition) is 3. The Kier molecular flexibility index (Phi) is 6.21. The molecule has 0 radical (unpaired) electrons. The number of para-hydroxylation sites is 2. The minimum absolute atomic E-state index is 0.111. The largest absolute Gasteiger partial charge is 0.481 e. The lowest BCUT2D eigenvalue weighted by Crippen LogP contribution is -2.24. The molecule has 0 bridgehead atoms. The summed E-state index contributed by atoms with van der Waals surface area (Å²) in [6, 6.07) is 12.9. The first-order valence-electron chi connectivity index (χ1n) is 6.84. The van der Waals surface area contributed by atoms with E-state index < -0.39 is 18.4 Å². The van der Waals surface area contributed by atoms with E-state index in [4.69, 9.17) is 22.1 Å². The van der Waals surface area contributed by atoms with Gasteiger partial charge in [0.2, 0.25) is 0 Å². The number of nitrogens with zero attached hydrogens (tertiary/aromatic N) is 1. The van der Waals surface area contributed by atoms with E-state index in [0.29, 0.717) is 11.3 Å². The molecule has 0 heterocycles. The van der Waals surface area contributed by atoms with Crippen molar-refractivity contribution in [2.45, 2.75) is 0 Å². The van der Waals surface area contributed by atoms with Gasteiger partial charge in [0.25, 0.3) is 0 Å². The third-order valence-corrected chi connectivity index (χ3v) is 2.96. The van der Waals surface area contributed by atoms with Gasteiger partial charge in [-0.1, -0.05) is 24.3 Å². The van der Waals surface area contributed by atoms with Crippen LogP contribution in [-0.4, -0.2) is 29.0 Å². The smallest absolute Gasteiger partial charge is 0.341 e. The summed E-state index contributed by atoms with van der Waals surface area (Å²) in [7, 11) is 0. The Morgan fingerprint density at radius 1 is 1.25 bits per heavy atom. The molecule has 0 aliphatic rings. The fourth-order valence-corrected chi connectivity index (χ4v) is 1.89. The molecule has 8 heteroatoms. The van der Waals surface area contributed by atoms with Gasteiger partial charge in [-0.05, 0) is 36.5 Å². The maximum absolute atomic E-state index is 13.5. The normalized spacial score (nSPS) is 10.4. The summed E-state index contributed by atoms with van der Waals surface area (Å²) in [5.41, 5.74) is 3.35. The average molecular weight is 347 g/mol. The molecule has 0 unspecified atom stereocenters. The van der Waals surface area contributed by atoms with Gasteiger partial charge in [-0.2, -0.15) is 5.10 Å². The van der Waals surface area contributed by atoms with E-state index in [9.17, 15) is 9.18 Å². The van der Waals surface area contributed by atoms with Crippen LogP contribution in [0.15, 0.2) is 53.6 Å². The molecule has 0 saturated carbocycles. The Balaban J connectivity index is 1.95. The maximum atomic E-state index is 13.5. The molecular formula is C16H14FN3O3S. The van der Waals surface area contributed by atoms with E-state index in [0.717, 1.165) is 0 Å². The molecule has 2 aromatic rings. The van der Waals surface area contributed by atoms with Crippen LogP contribution in [0.5, 0.6) is 5.75 Å². The van der Waals surface area contributed by atoms with Gasteiger partial charge < -0.3 is 15.2 Å². The van der Waals surface area contributed by atoms with Gasteiger partial charge in [0, 0.05) is 5.56 Å². The number of anilines is 1. The van der Waals surface area contributed by atoms with E-state index in [-0.39, 0.29) is 10.8 Å². The summed E-state index contributed by atoms with van der Waals surface area (Å²) >= 11 is 5.02. The number of thiocarbonyl (C=S) groups is 1. The van der Waals surface area contributed by atoms with E-state index in [1.807, 2.05) is 0 Å². The summed E-state index contributed by atoms with van der Waals surface area (Å²) in [5.74, 6) is -1.13. The molecule has 6 nitrogen and oxygen atoms in total. The lowest BCUT2D eigenvalue weighted by Gasteiger charge is -2.08. The van der Waals surface area contributed by atoms with E-state index >= 15 is 0 Å². The Morgan fingerprint density at radius 2 is 1.96 bits per heavy atom. The topological polar surface area (TPSA) is 83.0 Å². The van der Waals surface area contributed by atoms with Crippen molar-refractivity contribution in [1.29, 1.82) is 0 Å². The maximum Gasteiger partial charge on any atom is 0.341 e. The molecule has 0 amide bonds. The molecular weight excluding hydrogens is 333 g/mol. The van der Waals surface area contributed by atoms with Gasteiger partial charge in [-0.15, -0.1) is 0 Å². The van der Waals surface area contributed by atoms with E-state index in [1.165, 1.54) is 12.3 Å². The molecule has 124 valence electrons. The number of benzene rings is 2. The van der Waals surface area contributed by atoms with Crippen LogP contribution in [0, 0.1) is 5.82 Å². The minimum atomic E-state index is -1.07. The fraction of sp³-hybridized carbons (Fsp3) is 0.0625. The first-order chi connectivity index (χ1) is 11.6. The summed E-state index contributed by atoms with van der Waals surface area (Å²) < 4.78 is 18.6. The molecule has 0 aliphatic heterocycles. The Hall–Kier alpha value is -3.00. The number of carbonyl (C=O) groups is 1. The first kappa shape index (κ1) is 17.4. The van der Waals surface area contributed by atoms with Crippen molar-refractivity contribution in [2.75, 3.05) is 11.9 Å². The molecule has 0 saturated heterocycles. The number of hydrazone groups is 1. The highest BCUT2D eigenvalue weighted by Crippen LogP contribution is 2.15. The first-order valence-corrected chi connectivity index (χ1v) is 7.25. The third kappa shape index (κ3) is 5.33. The highest BCUT2D eigenvalue weighted by Gasteiger charge is 2.04. The minimum Gasteiger partial charge on any atom is -0.481 e. The third-order valence-electron chi connectivity index (χ3n) is 2.76. The van der Waals surface area contributed by atoms with Crippen LogP contribution in [0.1, 0.15) is 5.56 Å². The molecule has 2 aromatic carbocycles. The van der Waals surface area contributed by atoms with Crippen LogP contribution in [0.25, 0.3) is 0 Å². The number of rotatable bonds is 6. The van der Waals surface area contributed by atoms with Crippen molar-refractivity contribution in [3.05, 3.63) is 59.9 Å². The number of hydrogen-bond acceptors (Lipinski definition) is 4. The number of aliphatic carboxylic acids is 1. The SMILES string of the molecule is O=C(O)COc1ccccc1/C=N\NC(=S)Nc1ccccc1F. The Bertz CT molecular complexity index is 768. The van der Waals surface area contributed by atoms with Gasteiger partial charge in [0.15, 0.2) is 11.7 Å². The van der Waals surface area contributed by atoms with Crippen LogP contribution in [0.3, 0.4) is 0 Å². The number of carboxylic acid groups (broad SMARTS) is 1. The van der Waals surface area contributed by atoms with Crippen LogP contribution < -0.4 is 15.5 Å². The van der Waals surface area contributed by atoms with Crippen LogP contribution in [-0.2, 0) is 4.79 Å². The van der Waals surface area contributed by atoms with Gasteiger partial charge in [-0.3, -0.25) is 5.43 Å². The van der Waals surface area contributed by atoms with Crippen molar-refractivity contribution >= 4 is 35.2 Å². The second kappa shape index (κ2) is 8.59. The van der Waals surface area contributed by atoms with Crippen molar-refractivity contribution in [2.24, 2.45) is 5.10 Å². The van der Waals surface area contributed by atoms with E-state index in [2.05, 4.69) is 15.8 Å². The van der Waals surface area contributed by atoms with Crippen LogP contribution in [0.2, 0.25) is 0 Å². The summed E-state index contributed by atoms with van der Waals surface area (Å²) in [6.07, 6.45) is 1.42. The molecule has 3 N–H and O–H groups in total. The fourth-order valence-electron chi connectivity index (χ4n) is 1.73. The van der Waals surface area contributed by atoms with Gasteiger partial charge >= 0.3 is 5.97 Å². The number of halogens is 1. The molecule has 24 heavy (non-hydrogen) atoms. The molecule has 2 rings (SSSR count). The van der Waals surface area contributed by atoms with E-state index in [1.54, 1.807) is 42.5 Å². The zero-order chi connectivity index (χ0) is 17.4. The molecule has 0 spiro atoms. The Morgan fingerprint density at radius 3 is 2.71 bits per heavy atom. The monoisotopic (exact) mass is 347 g/mol. The lowest BCUT2D eigenvalue weighted by molar-refractivity contribution is -0.139. The van der Waals surface area contributed by atoms with Crippen LogP contribution in [0.4, 0.5) is 10.1 Å². The number of ether oxygens (including phenoxy) is 1. The van der Waals surface area contributed by atoms with Gasteiger partial charge in [0.1, 0.15) is 11.6 Å². The van der Waals surface area contributed by atoms with Crippen LogP contribution >= 0.6 is 12.2 Å². The predicted molar refractivity (Wildman–Crippen MR) is 92.9 cm³/mol. The lowest BCUT2D eigenvalue weighted by atomic mass is 10.2. The zero-order valence-corrected chi connectivity index (χ0v) is 13.2. The summed E-state index contributed by atoms with van der Waals surface area (Å²) in [6.45, 7) is -0.453. The molecule has 0 aliphatic carbocycles. The van der Waals surface area contributed by atoms with Gasteiger partial charge in [-0.25, -0.2) is 9.18 Å². The van der Waals surface area contributed by atoms with Crippen molar-refractivity contribution < 1.29 is 19.0 Å². The van der Waals surface area contributed by atoms with Crippen molar-refractivity contribution in [1.82, 2.24) is 5.43 Å². The highest BCUT2D eigenvalue weighted by molar-refractivity contribution is 7.80. The molecule has 0 aromatic heterocycles. The van der Waals surface area contributed by atoms with Crippen molar-refractivity contribution in [3.8, 4) is 5.75 Å². The molecule has 0 atom stereocenters. The average Bonchev–Trinajstić information content (AvgIpc) is 2.56. The number of carboxylic acids is 1.